The standard InChI is InChI=1S/C25H32N4O6/c1-25(2,3)35-23(30)27-15-16-29(24(31)32,17-19-9-5-4-6-10-19)18-20(27)13-14-26-21-11-7-8-12-22(21)28(33)34/h4-12,20,26H,13-18H2,1-3H3/p+1/t20-,29?/m1/s1. The number of benzene rings is 2. The average molecular weight is 486 g/mol. The molecule has 2 aromatic rings. The number of piperazine rings is 1. The van der Waals surface area contributed by atoms with E-state index in [-0.39, 0.29) is 29.8 Å². The molecule has 3 rings (SSSR count). The number of nitro benzene ring substituents is 1. The van der Waals surface area contributed by atoms with Crippen LogP contribution in [-0.4, -0.2) is 69.4 Å². The van der Waals surface area contributed by atoms with E-state index in [0.29, 0.717) is 25.2 Å². The van der Waals surface area contributed by atoms with Crippen molar-refractivity contribution < 1.29 is 28.8 Å². The van der Waals surface area contributed by atoms with Gasteiger partial charge in [-0.15, -0.1) is 0 Å². The molecular formula is C25H33N4O6+. The summed E-state index contributed by atoms with van der Waals surface area (Å²) in [6.45, 7) is 6.64. The highest BCUT2D eigenvalue weighted by Crippen LogP contribution is 2.27. The molecule has 0 radical (unpaired) electrons. The largest absolute Gasteiger partial charge is 0.513 e. The number of carbonyl (C=O) groups is 2. The molecule has 2 amide bonds. The molecular weight excluding hydrogens is 452 g/mol. The predicted octanol–water partition coefficient (Wildman–Crippen LogP) is 4.71. The average Bonchev–Trinajstić information content (AvgIpc) is 2.79. The first kappa shape index (κ1) is 26.0. The molecule has 1 unspecified atom stereocenters. The number of hydrogen-bond donors (Lipinski definition) is 2. The smallest absolute Gasteiger partial charge is 0.444 e. The van der Waals surface area contributed by atoms with E-state index < -0.39 is 28.8 Å². The maximum absolute atomic E-state index is 13.0. The number of anilines is 1. The van der Waals surface area contributed by atoms with Gasteiger partial charge in [0.15, 0.2) is 0 Å². The van der Waals surface area contributed by atoms with E-state index in [9.17, 15) is 24.8 Å². The summed E-state index contributed by atoms with van der Waals surface area (Å²) in [4.78, 5) is 37.9. The minimum absolute atomic E-state index is 0.0418. The van der Waals surface area contributed by atoms with Crippen LogP contribution in [-0.2, 0) is 11.3 Å². The summed E-state index contributed by atoms with van der Waals surface area (Å²) >= 11 is 0. The van der Waals surface area contributed by atoms with Crippen LogP contribution in [0.1, 0.15) is 32.8 Å². The Balaban J connectivity index is 1.81. The van der Waals surface area contributed by atoms with Crippen molar-refractivity contribution >= 4 is 23.6 Å². The number of quaternary nitrogens is 1. The van der Waals surface area contributed by atoms with Crippen molar-refractivity contribution in [2.24, 2.45) is 0 Å². The number of carboxylic acid groups (broad SMARTS) is 1. The number of nitrogens with one attached hydrogen (secondary N) is 1. The number of ether oxygens (including phenoxy) is 1. The van der Waals surface area contributed by atoms with Gasteiger partial charge in [-0.1, -0.05) is 42.5 Å². The third-order valence-corrected chi connectivity index (χ3v) is 6.03. The van der Waals surface area contributed by atoms with Gasteiger partial charge in [-0.25, -0.2) is 9.28 Å². The fraction of sp³-hybridized carbons (Fsp3) is 0.440. The van der Waals surface area contributed by atoms with E-state index in [1.807, 2.05) is 30.3 Å². The third-order valence-electron chi connectivity index (χ3n) is 6.03. The summed E-state index contributed by atoms with van der Waals surface area (Å²) in [6, 6.07) is 15.3. The van der Waals surface area contributed by atoms with Crippen LogP contribution in [0.3, 0.4) is 0 Å². The van der Waals surface area contributed by atoms with Crippen LogP contribution in [0.5, 0.6) is 0 Å². The fourth-order valence-corrected chi connectivity index (χ4v) is 4.36. The molecule has 188 valence electrons. The van der Waals surface area contributed by atoms with E-state index in [0.717, 1.165) is 5.56 Å². The highest BCUT2D eigenvalue weighted by Gasteiger charge is 2.47. The van der Waals surface area contributed by atoms with Crippen LogP contribution >= 0.6 is 0 Å². The van der Waals surface area contributed by atoms with Gasteiger partial charge in [0.2, 0.25) is 0 Å². The molecule has 1 aliphatic rings. The Morgan fingerprint density at radius 1 is 1.17 bits per heavy atom. The highest BCUT2D eigenvalue weighted by molar-refractivity contribution is 5.69. The lowest BCUT2D eigenvalue weighted by atomic mass is 10.0. The lowest BCUT2D eigenvalue weighted by Gasteiger charge is -2.45. The topological polar surface area (TPSA) is 122 Å². The highest BCUT2D eigenvalue weighted by atomic mass is 16.6. The molecule has 0 spiro atoms. The van der Waals surface area contributed by atoms with Gasteiger partial charge in [-0.2, -0.15) is 4.79 Å². The van der Waals surface area contributed by atoms with Gasteiger partial charge in [-0.05, 0) is 33.3 Å². The van der Waals surface area contributed by atoms with Crippen LogP contribution in [0.2, 0.25) is 0 Å². The normalized spacial score (nSPS) is 20.2. The molecule has 2 aromatic carbocycles. The van der Waals surface area contributed by atoms with E-state index in [4.69, 9.17) is 4.74 Å². The van der Waals surface area contributed by atoms with Crippen molar-refractivity contribution in [2.75, 3.05) is 31.5 Å². The van der Waals surface area contributed by atoms with E-state index in [1.165, 1.54) is 6.07 Å². The quantitative estimate of drug-likeness (QED) is 0.331. The van der Waals surface area contributed by atoms with Gasteiger partial charge >= 0.3 is 12.2 Å². The van der Waals surface area contributed by atoms with Crippen LogP contribution in [0.15, 0.2) is 54.6 Å². The maximum atomic E-state index is 13.0. The zero-order valence-corrected chi connectivity index (χ0v) is 20.3. The molecule has 1 heterocycles. The number of rotatable bonds is 7. The van der Waals surface area contributed by atoms with Crippen molar-refractivity contribution in [3.05, 3.63) is 70.3 Å². The number of nitro groups is 1. The zero-order chi connectivity index (χ0) is 25.6. The number of hydrogen-bond acceptors (Lipinski definition) is 6. The molecule has 0 bridgehead atoms. The van der Waals surface area contributed by atoms with Crippen LogP contribution < -0.4 is 5.32 Å². The zero-order valence-electron chi connectivity index (χ0n) is 20.3. The summed E-state index contributed by atoms with van der Waals surface area (Å²) < 4.78 is 5.38. The van der Waals surface area contributed by atoms with Crippen molar-refractivity contribution in [1.82, 2.24) is 4.90 Å². The second kappa shape index (κ2) is 10.7. The summed E-state index contributed by atoms with van der Waals surface area (Å²) in [7, 11) is 0. The van der Waals surface area contributed by atoms with E-state index >= 15 is 0 Å². The molecule has 2 N–H and O–H groups in total. The number of carbonyl (C=O) groups excluding carboxylic acids is 1. The molecule has 2 atom stereocenters. The minimum Gasteiger partial charge on any atom is -0.444 e. The lowest BCUT2D eigenvalue weighted by Crippen LogP contribution is -2.66. The van der Waals surface area contributed by atoms with Crippen LogP contribution in [0.25, 0.3) is 0 Å². The molecule has 10 heteroatoms. The van der Waals surface area contributed by atoms with Gasteiger partial charge in [0, 0.05) is 18.2 Å². The molecule has 10 nitrogen and oxygen atoms in total. The third kappa shape index (κ3) is 6.69. The molecule has 0 aromatic heterocycles. The summed E-state index contributed by atoms with van der Waals surface area (Å²) in [6.07, 6.45) is -1.04. The van der Waals surface area contributed by atoms with Crippen molar-refractivity contribution in [1.29, 1.82) is 0 Å². The first-order valence-electron chi connectivity index (χ1n) is 11.6. The molecule has 1 fully saturated rings. The molecule has 0 saturated carbocycles. The molecule has 0 aliphatic carbocycles. The predicted molar refractivity (Wildman–Crippen MR) is 131 cm³/mol. The van der Waals surface area contributed by atoms with Gasteiger partial charge in [0.25, 0.3) is 5.69 Å². The van der Waals surface area contributed by atoms with Gasteiger partial charge < -0.3 is 15.2 Å². The molecule has 35 heavy (non-hydrogen) atoms. The summed E-state index contributed by atoms with van der Waals surface area (Å²) in [5.41, 5.74) is 0.544. The molecule has 1 saturated heterocycles. The SMILES string of the molecule is CC(C)(C)OC(=O)N1CC[N+](Cc2ccccc2)(C(=O)O)C[C@H]1CCNc1ccccc1[N+](=O)[O-]. The Bertz CT molecular complexity index is 1060. The Kier molecular flexibility index (Phi) is 7.96. The number of amides is 2. The van der Waals surface area contributed by atoms with Crippen molar-refractivity contribution in [3.63, 3.8) is 0 Å². The monoisotopic (exact) mass is 485 g/mol. The lowest BCUT2D eigenvalue weighted by molar-refractivity contribution is -0.878. The van der Waals surface area contributed by atoms with Gasteiger partial charge in [-0.3, -0.25) is 15.0 Å². The van der Waals surface area contributed by atoms with Gasteiger partial charge in [0.1, 0.15) is 30.9 Å². The Labute approximate surface area is 204 Å². The first-order valence-corrected chi connectivity index (χ1v) is 11.6. The second-order valence-electron chi connectivity index (χ2n) is 9.79. The Morgan fingerprint density at radius 2 is 1.83 bits per heavy atom. The summed E-state index contributed by atoms with van der Waals surface area (Å²) in [5, 5.41) is 24.6. The van der Waals surface area contributed by atoms with Crippen molar-refractivity contribution in [2.45, 2.75) is 45.4 Å². The maximum Gasteiger partial charge on any atom is 0.513 e. The van der Waals surface area contributed by atoms with E-state index in [1.54, 1.807) is 43.9 Å². The van der Waals surface area contributed by atoms with E-state index in [2.05, 4.69) is 5.32 Å². The van der Waals surface area contributed by atoms with Crippen molar-refractivity contribution in [3.8, 4) is 0 Å². The molecule has 1 aliphatic heterocycles. The second-order valence-corrected chi connectivity index (χ2v) is 9.79. The van der Waals surface area contributed by atoms with Crippen LogP contribution in [0, 0.1) is 10.1 Å². The van der Waals surface area contributed by atoms with Gasteiger partial charge in [0.05, 0.1) is 17.5 Å². The van der Waals surface area contributed by atoms with Crippen LogP contribution in [0.4, 0.5) is 21.0 Å². The summed E-state index contributed by atoms with van der Waals surface area (Å²) in [5.74, 6) is 0. The number of nitrogens with zero attached hydrogens (tertiary/aromatic N) is 3. The number of para-hydroxylation sites is 2. The minimum atomic E-state index is -0.950. The first-order chi connectivity index (χ1) is 16.5. The fourth-order valence-electron chi connectivity index (χ4n) is 4.36. The Morgan fingerprint density at radius 3 is 2.46 bits per heavy atom. The Hall–Kier alpha value is -3.66.